The molecule has 0 aliphatic rings. The largest absolute Gasteiger partial charge is 0.481 e. The molecule has 0 spiro atoms. The minimum atomic E-state index is -0.464. The van der Waals surface area contributed by atoms with E-state index in [4.69, 9.17) is 4.74 Å². The Hall–Kier alpha value is -3.55. The highest BCUT2D eigenvalue weighted by molar-refractivity contribution is 5.75. The average Bonchev–Trinajstić information content (AvgIpc) is 3.05. The van der Waals surface area contributed by atoms with Crippen molar-refractivity contribution in [3.63, 3.8) is 0 Å². The second kappa shape index (κ2) is 6.40. The Morgan fingerprint density at radius 3 is 2.81 bits per heavy atom. The first-order valence-electron chi connectivity index (χ1n) is 7.90. The van der Waals surface area contributed by atoms with Crippen LogP contribution in [0.1, 0.15) is 5.69 Å². The first kappa shape index (κ1) is 15.9. The maximum Gasteiger partial charge on any atom is 0.213 e. The van der Waals surface area contributed by atoms with Gasteiger partial charge in [0.1, 0.15) is 11.2 Å². The Kier molecular flexibility index (Phi) is 3.92. The number of rotatable bonds is 4. The van der Waals surface area contributed by atoms with Crippen molar-refractivity contribution in [2.24, 2.45) is 0 Å². The zero-order valence-electron chi connectivity index (χ0n) is 14.1. The van der Waals surface area contributed by atoms with Gasteiger partial charge in [0, 0.05) is 18.0 Å². The highest BCUT2D eigenvalue weighted by Crippen LogP contribution is 2.25. The molecule has 0 radical (unpaired) electrons. The van der Waals surface area contributed by atoms with E-state index in [1.807, 2.05) is 25.1 Å². The number of fused-ring (bicyclic) bond motifs is 1. The van der Waals surface area contributed by atoms with Crippen LogP contribution in [0.5, 0.6) is 5.88 Å². The van der Waals surface area contributed by atoms with Crippen LogP contribution in [0.15, 0.2) is 48.8 Å². The predicted octanol–water partition coefficient (Wildman–Crippen LogP) is 3.39. The van der Waals surface area contributed by atoms with Gasteiger partial charge in [-0.05, 0) is 31.2 Å². The maximum atomic E-state index is 14.0. The number of nitrogens with one attached hydrogen (secondary N) is 1. The highest BCUT2D eigenvalue weighted by atomic mass is 19.1. The molecule has 0 aliphatic heterocycles. The monoisotopic (exact) mass is 350 g/mol. The number of hydrogen-bond acceptors (Lipinski definition) is 6. The second-order valence-electron chi connectivity index (χ2n) is 5.60. The van der Waals surface area contributed by atoms with Gasteiger partial charge in [-0.3, -0.25) is 4.98 Å². The Balaban J connectivity index is 1.87. The molecule has 0 saturated carbocycles. The van der Waals surface area contributed by atoms with Crippen LogP contribution in [0.2, 0.25) is 0 Å². The summed E-state index contributed by atoms with van der Waals surface area (Å²) in [6, 6.07) is 10.7. The Bertz CT molecular complexity index is 1090. The van der Waals surface area contributed by atoms with Gasteiger partial charge < -0.3 is 10.1 Å². The summed E-state index contributed by atoms with van der Waals surface area (Å²) < 4.78 is 20.9. The fraction of sp³-hybridized carbons (Fsp3) is 0.111. The van der Waals surface area contributed by atoms with E-state index in [1.54, 1.807) is 29.8 Å². The fourth-order valence-corrected chi connectivity index (χ4v) is 2.58. The lowest BCUT2D eigenvalue weighted by Crippen LogP contribution is -2.06. The molecule has 1 N–H and O–H groups in total. The van der Waals surface area contributed by atoms with Crippen molar-refractivity contribution >= 4 is 17.0 Å². The second-order valence-corrected chi connectivity index (χ2v) is 5.60. The van der Waals surface area contributed by atoms with Crippen LogP contribution >= 0.6 is 0 Å². The Morgan fingerprint density at radius 1 is 1.12 bits per heavy atom. The number of methoxy groups -OCH3 is 1. The zero-order valence-corrected chi connectivity index (χ0v) is 14.1. The molecular formula is C18H15FN6O. The third kappa shape index (κ3) is 2.81. The third-order valence-electron chi connectivity index (χ3n) is 3.89. The van der Waals surface area contributed by atoms with Crippen molar-refractivity contribution in [3.8, 4) is 17.4 Å². The molecule has 0 amide bonds. The molecule has 0 saturated heterocycles. The van der Waals surface area contributed by atoms with E-state index in [2.05, 4.69) is 25.4 Å². The molecule has 4 aromatic rings. The van der Waals surface area contributed by atoms with Gasteiger partial charge in [-0.25, -0.2) is 18.9 Å². The normalized spacial score (nSPS) is 10.9. The first-order chi connectivity index (χ1) is 12.7. The van der Waals surface area contributed by atoms with Gasteiger partial charge in [0.05, 0.1) is 19.0 Å². The number of hydrogen-bond donors (Lipinski definition) is 1. The molecule has 0 aromatic carbocycles. The lowest BCUT2D eigenvalue weighted by atomic mass is 10.3. The van der Waals surface area contributed by atoms with E-state index in [-0.39, 0.29) is 5.69 Å². The lowest BCUT2D eigenvalue weighted by Gasteiger charge is -2.11. The topological polar surface area (TPSA) is 77.2 Å². The van der Waals surface area contributed by atoms with Crippen LogP contribution in [0, 0.1) is 12.7 Å². The summed E-state index contributed by atoms with van der Waals surface area (Å²) in [7, 11) is 1.55. The van der Waals surface area contributed by atoms with Crippen LogP contribution in [-0.4, -0.2) is 31.7 Å². The summed E-state index contributed by atoms with van der Waals surface area (Å²) in [5.74, 6) is 0.865. The molecule has 7 nitrogen and oxygen atoms in total. The lowest BCUT2D eigenvalue weighted by molar-refractivity contribution is 0.398. The molecule has 0 aliphatic carbocycles. The quantitative estimate of drug-likeness (QED) is 0.608. The summed E-state index contributed by atoms with van der Waals surface area (Å²) in [4.78, 5) is 12.7. The van der Waals surface area contributed by atoms with Gasteiger partial charge in [-0.15, -0.1) is 5.10 Å². The predicted molar refractivity (Wildman–Crippen MR) is 95.0 cm³/mol. The van der Waals surface area contributed by atoms with E-state index in [0.717, 1.165) is 17.4 Å². The summed E-state index contributed by atoms with van der Waals surface area (Å²) in [5, 5.41) is 7.57. The maximum absolute atomic E-state index is 14.0. The Morgan fingerprint density at radius 2 is 2.00 bits per heavy atom. The van der Waals surface area contributed by atoms with Crippen LogP contribution < -0.4 is 10.1 Å². The van der Waals surface area contributed by atoms with Gasteiger partial charge in [-0.2, -0.15) is 0 Å². The molecular weight excluding hydrogens is 335 g/mol. The van der Waals surface area contributed by atoms with E-state index in [1.165, 1.54) is 6.20 Å². The number of pyridine rings is 2. The smallest absolute Gasteiger partial charge is 0.213 e. The molecule has 4 heterocycles. The van der Waals surface area contributed by atoms with Gasteiger partial charge in [0.15, 0.2) is 11.6 Å². The van der Waals surface area contributed by atoms with Gasteiger partial charge in [-0.1, -0.05) is 6.07 Å². The number of halogens is 1. The summed E-state index contributed by atoms with van der Waals surface area (Å²) in [5.41, 5.74) is 2.48. The minimum Gasteiger partial charge on any atom is -0.481 e. The molecule has 0 bridgehead atoms. The van der Waals surface area contributed by atoms with E-state index >= 15 is 0 Å². The first-order valence-corrected chi connectivity index (χ1v) is 7.90. The van der Waals surface area contributed by atoms with Crippen LogP contribution in [0.25, 0.3) is 17.0 Å². The van der Waals surface area contributed by atoms with Gasteiger partial charge >= 0.3 is 0 Å². The van der Waals surface area contributed by atoms with E-state index < -0.39 is 5.82 Å². The van der Waals surface area contributed by atoms with Crippen LogP contribution in [0.3, 0.4) is 0 Å². The average molecular weight is 350 g/mol. The number of ether oxygens (including phenoxy) is 1. The van der Waals surface area contributed by atoms with Crippen molar-refractivity contribution in [1.82, 2.24) is 24.6 Å². The third-order valence-corrected chi connectivity index (χ3v) is 3.89. The molecule has 0 atom stereocenters. The molecule has 0 fully saturated rings. The highest BCUT2D eigenvalue weighted by Gasteiger charge is 2.14. The van der Waals surface area contributed by atoms with Crippen LogP contribution in [-0.2, 0) is 0 Å². The van der Waals surface area contributed by atoms with Gasteiger partial charge in [0.2, 0.25) is 11.7 Å². The molecule has 26 heavy (non-hydrogen) atoms. The fourth-order valence-electron chi connectivity index (χ4n) is 2.58. The summed E-state index contributed by atoms with van der Waals surface area (Å²) in [6.07, 6.45) is 2.66. The van der Waals surface area contributed by atoms with Gasteiger partial charge in [0.25, 0.3) is 0 Å². The SMILES string of the molecule is COc1cccc(-c2nc(Nc3ccncc3F)c3ccc(C)n3n2)n1. The minimum absolute atomic E-state index is 0.281. The van der Waals surface area contributed by atoms with Crippen molar-refractivity contribution in [3.05, 3.63) is 60.3 Å². The zero-order chi connectivity index (χ0) is 18.1. The van der Waals surface area contributed by atoms with Crippen molar-refractivity contribution in [2.45, 2.75) is 6.92 Å². The number of anilines is 2. The molecule has 8 heteroatoms. The standard InChI is InChI=1S/C18H15FN6O/c1-11-6-7-15-18(22-13-8-9-20-10-12(13)19)23-17(24-25(11)15)14-4-3-5-16(21-14)26-2/h3-10H,1-2H3,(H,20,22,23,24). The molecule has 130 valence electrons. The van der Waals surface area contributed by atoms with Crippen LogP contribution in [0.4, 0.5) is 15.9 Å². The van der Waals surface area contributed by atoms with Crippen molar-refractivity contribution < 1.29 is 9.13 Å². The molecule has 4 rings (SSSR count). The molecule has 0 unspecified atom stereocenters. The summed E-state index contributed by atoms with van der Waals surface area (Å²) in [6.45, 7) is 1.93. The summed E-state index contributed by atoms with van der Waals surface area (Å²) >= 11 is 0. The van der Waals surface area contributed by atoms with Crippen molar-refractivity contribution in [2.75, 3.05) is 12.4 Å². The number of aromatic nitrogens is 5. The number of nitrogens with zero attached hydrogens (tertiary/aromatic N) is 5. The van der Waals surface area contributed by atoms with E-state index in [9.17, 15) is 4.39 Å². The van der Waals surface area contributed by atoms with E-state index in [0.29, 0.717) is 23.2 Å². The number of aryl methyl sites for hydroxylation is 1. The Labute approximate surface area is 148 Å². The van der Waals surface area contributed by atoms with Crippen molar-refractivity contribution in [1.29, 1.82) is 0 Å². The molecule has 4 aromatic heterocycles.